The van der Waals surface area contributed by atoms with Gasteiger partial charge in [0.05, 0.1) is 18.2 Å². The largest absolute Gasteiger partial charge is 0.494 e. The van der Waals surface area contributed by atoms with Gasteiger partial charge in [-0.15, -0.1) is 5.57 Å². The third-order valence-corrected chi connectivity index (χ3v) is 3.18. The first-order valence-corrected chi connectivity index (χ1v) is 6.31. The molecule has 0 N–H and O–H groups in total. The summed E-state index contributed by atoms with van der Waals surface area (Å²) in [4.78, 5) is 1.62. The molecule has 2 rings (SSSR count). The van der Waals surface area contributed by atoms with Crippen molar-refractivity contribution in [3.05, 3.63) is 59.3 Å². The van der Waals surface area contributed by atoms with Crippen LogP contribution < -0.4 is 4.74 Å². The van der Waals surface area contributed by atoms with Crippen LogP contribution >= 0.6 is 0 Å². The minimum Gasteiger partial charge on any atom is -0.494 e. The van der Waals surface area contributed by atoms with Crippen molar-refractivity contribution in [2.75, 3.05) is 13.7 Å². The summed E-state index contributed by atoms with van der Waals surface area (Å²) in [6.07, 6.45) is 4.57. The predicted octanol–water partition coefficient (Wildman–Crippen LogP) is 3.91. The Morgan fingerprint density at radius 1 is 1.29 bits per heavy atom. The van der Waals surface area contributed by atoms with E-state index in [0.29, 0.717) is 18.0 Å². The van der Waals surface area contributed by atoms with E-state index in [2.05, 4.69) is 12.7 Å². The third-order valence-electron chi connectivity index (χ3n) is 3.18. The van der Waals surface area contributed by atoms with E-state index in [9.17, 15) is 8.78 Å². The molecule has 1 aliphatic rings. The maximum Gasteiger partial charge on any atom is 0.122 e. The van der Waals surface area contributed by atoms with Crippen molar-refractivity contribution in [1.82, 2.24) is 4.90 Å². The molecule has 0 amide bonds. The molecule has 1 aliphatic heterocycles. The number of benzene rings is 1. The Morgan fingerprint density at radius 2 is 1.86 bits per heavy atom. The van der Waals surface area contributed by atoms with Crippen LogP contribution in [0, 0.1) is 17.7 Å². The van der Waals surface area contributed by atoms with Gasteiger partial charge in [-0.2, -0.15) is 12.2 Å². The molecule has 0 saturated heterocycles. The SMILES string of the molecule is C=C1C(C)=C[C-]=C(c2c(F)cc(OCC)cc2F)N1C.[Y]. The smallest absolute Gasteiger partial charge is 0.122 e. The minimum atomic E-state index is -0.677. The Labute approximate surface area is 149 Å². The van der Waals surface area contributed by atoms with Crippen molar-refractivity contribution in [1.29, 1.82) is 0 Å². The topological polar surface area (TPSA) is 12.5 Å². The average Bonchev–Trinajstić information content (AvgIpc) is 2.38. The Balaban J connectivity index is 0.00000220. The van der Waals surface area contributed by atoms with Crippen LogP contribution in [-0.4, -0.2) is 18.6 Å². The average molecular weight is 365 g/mol. The summed E-state index contributed by atoms with van der Waals surface area (Å²) in [7, 11) is 1.70. The monoisotopic (exact) mass is 365 g/mol. The van der Waals surface area contributed by atoms with Crippen molar-refractivity contribution in [2.45, 2.75) is 13.8 Å². The molecule has 2 nitrogen and oxygen atoms in total. The van der Waals surface area contributed by atoms with Crippen molar-refractivity contribution in [2.24, 2.45) is 0 Å². The fourth-order valence-corrected chi connectivity index (χ4v) is 2.02. The van der Waals surface area contributed by atoms with Gasteiger partial charge >= 0.3 is 0 Å². The molecule has 0 aliphatic carbocycles. The molecule has 0 fully saturated rings. The van der Waals surface area contributed by atoms with E-state index in [1.54, 1.807) is 24.9 Å². The molecule has 109 valence electrons. The molecule has 1 heterocycles. The Bertz CT molecular complexity index is 600. The number of hydrogen-bond donors (Lipinski definition) is 0. The number of ether oxygens (including phenoxy) is 1. The van der Waals surface area contributed by atoms with Gasteiger partial charge in [0.25, 0.3) is 0 Å². The summed E-state index contributed by atoms with van der Waals surface area (Å²) < 4.78 is 33.4. The van der Waals surface area contributed by atoms with Gasteiger partial charge in [0.2, 0.25) is 0 Å². The van der Waals surface area contributed by atoms with Crippen LogP contribution in [0.3, 0.4) is 0 Å². The number of allylic oxidation sites excluding steroid dienone is 3. The van der Waals surface area contributed by atoms with Crippen LogP contribution in [0.4, 0.5) is 8.78 Å². The normalized spacial score (nSPS) is 14.3. The van der Waals surface area contributed by atoms with Gasteiger partial charge in [-0.1, -0.05) is 19.2 Å². The first kappa shape index (κ1) is 18.1. The van der Waals surface area contributed by atoms with E-state index in [1.807, 2.05) is 6.92 Å². The molecular formula is C16H16F2NOY-. The van der Waals surface area contributed by atoms with E-state index in [-0.39, 0.29) is 44.0 Å². The summed E-state index contributed by atoms with van der Waals surface area (Å²) in [5, 5.41) is 0. The second kappa shape index (κ2) is 7.32. The summed E-state index contributed by atoms with van der Waals surface area (Å²) in [5.41, 5.74) is 1.79. The maximum atomic E-state index is 14.2. The summed E-state index contributed by atoms with van der Waals surface area (Å²) in [6.45, 7) is 7.86. The van der Waals surface area contributed by atoms with Gasteiger partial charge in [-0.05, 0) is 18.2 Å². The van der Waals surface area contributed by atoms with E-state index in [0.717, 1.165) is 5.57 Å². The van der Waals surface area contributed by atoms with Crippen LogP contribution in [0.25, 0.3) is 5.70 Å². The van der Waals surface area contributed by atoms with Crippen molar-refractivity contribution >= 4 is 5.70 Å². The molecule has 0 aromatic heterocycles. The van der Waals surface area contributed by atoms with E-state index < -0.39 is 11.6 Å². The second-order valence-electron chi connectivity index (χ2n) is 4.52. The van der Waals surface area contributed by atoms with E-state index >= 15 is 0 Å². The second-order valence-corrected chi connectivity index (χ2v) is 4.52. The first-order valence-electron chi connectivity index (χ1n) is 6.31. The standard InChI is InChI=1S/C16H16F2NO.Y/c1-5-20-12-8-13(17)16(14(18)9-12)15-7-6-10(2)11(3)19(15)4;/h6,8-9H,3,5H2,1-2,4H3;/q-1;. The molecule has 1 aromatic carbocycles. The zero-order chi connectivity index (χ0) is 14.9. The Kier molecular flexibility index (Phi) is 6.30. The summed E-state index contributed by atoms with van der Waals surface area (Å²) in [6, 6.07) is 2.36. The molecule has 5 heteroatoms. The number of halogens is 2. The molecular weight excluding hydrogens is 349 g/mol. The minimum absolute atomic E-state index is 0. The Hall–Kier alpha value is -0.996. The predicted molar refractivity (Wildman–Crippen MR) is 74.8 cm³/mol. The number of nitrogens with zero attached hydrogens (tertiary/aromatic N) is 1. The maximum absolute atomic E-state index is 14.2. The first-order chi connectivity index (χ1) is 9.45. The summed E-state index contributed by atoms with van der Waals surface area (Å²) >= 11 is 0. The van der Waals surface area contributed by atoms with Gasteiger partial charge in [-0.3, -0.25) is 0 Å². The van der Waals surface area contributed by atoms with Crippen LogP contribution in [0.1, 0.15) is 19.4 Å². The summed E-state index contributed by atoms with van der Waals surface area (Å²) in [5.74, 6) is -1.18. The fraction of sp³-hybridized carbons (Fsp3) is 0.250. The van der Waals surface area contributed by atoms with Crippen LogP contribution in [0.15, 0.2) is 36.1 Å². The third kappa shape index (κ3) is 3.61. The molecule has 0 atom stereocenters. The van der Waals surface area contributed by atoms with Crippen LogP contribution in [0.5, 0.6) is 5.75 Å². The number of likely N-dealkylation sites (N-methyl/N-ethyl adjacent to an activating group) is 1. The fourth-order valence-electron chi connectivity index (χ4n) is 2.02. The van der Waals surface area contributed by atoms with Crippen LogP contribution in [0.2, 0.25) is 0 Å². The van der Waals surface area contributed by atoms with Gasteiger partial charge < -0.3 is 9.64 Å². The molecule has 0 saturated carbocycles. The molecule has 1 radical (unpaired) electrons. The zero-order valence-electron chi connectivity index (χ0n) is 12.3. The Morgan fingerprint density at radius 3 is 2.38 bits per heavy atom. The van der Waals surface area contributed by atoms with Crippen molar-refractivity contribution in [3.8, 4) is 5.75 Å². The van der Waals surface area contributed by atoms with E-state index in [4.69, 9.17) is 4.74 Å². The van der Waals surface area contributed by atoms with Crippen molar-refractivity contribution < 1.29 is 46.2 Å². The number of hydrogen-bond acceptors (Lipinski definition) is 2. The van der Waals surface area contributed by atoms with Gasteiger partial charge in [0.1, 0.15) is 5.75 Å². The molecule has 0 bridgehead atoms. The molecule has 0 spiro atoms. The molecule has 0 unspecified atom stereocenters. The van der Waals surface area contributed by atoms with Crippen molar-refractivity contribution in [3.63, 3.8) is 0 Å². The quantitative estimate of drug-likeness (QED) is 0.754. The molecule has 1 aromatic rings. The van der Waals surface area contributed by atoms with Gasteiger partial charge in [0.15, 0.2) is 0 Å². The van der Waals surface area contributed by atoms with E-state index in [1.165, 1.54) is 12.1 Å². The van der Waals surface area contributed by atoms with Gasteiger partial charge in [-0.25, -0.2) is 8.78 Å². The van der Waals surface area contributed by atoms with Crippen LogP contribution in [-0.2, 0) is 32.7 Å². The number of rotatable bonds is 3. The zero-order valence-corrected chi connectivity index (χ0v) is 15.2. The molecule has 21 heavy (non-hydrogen) atoms. The van der Waals surface area contributed by atoms with Gasteiger partial charge in [0, 0.05) is 51.9 Å².